The molecule has 1 heterocycles. The molecule has 7 nitrogen and oxygen atoms in total. The average molecular weight is 281 g/mol. The molecule has 0 saturated carbocycles. The quantitative estimate of drug-likeness (QED) is 0.695. The second kappa shape index (κ2) is 4.90. The summed E-state index contributed by atoms with van der Waals surface area (Å²) in [5, 5.41) is 12.2. The normalized spacial score (nSPS) is 11.5. The molecule has 0 spiro atoms. The van der Waals surface area contributed by atoms with Gasteiger partial charge in [0, 0.05) is 36.7 Å². The SMILES string of the molecule is Cn1cc(CNc2cc(N)cc(S(N)(=O)=O)c2)cn1. The molecule has 5 N–H and O–H groups in total. The smallest absolute Gasteiger partial charge is 0.238 e. The van der Waals surface area contributed by atoms with E-state index in [0.29, 0.717) is 17.9 Å². The monoisotopic (exact) mass is 281 g/mol. The minimum atomic E-state index is -3.76. The van der Waals surface area contributed by atoms with Crippen molar-refractivity contribution in [3.8, 4) is 0 Å². The first kappa shape index (κ1) is 13.4. The van der Waals surface area contributed by atoms with Crippen molar-refractivity contribution >= 4 is 21.4 Å². The first-order chi connectivity index (χ1) is 8.84. The molecule has 0 fully saturated rings. The van der Waals surface area contributed by atoms with E-state index in [-0.39, 0.29) is 4.90 Å². The highest BCUT2D eigenvalue weighted by atomic mass is 32.2. The van der Waals surface area contributed by atoms with Crippen molar-refractivity contribution in [2.24, 2.45) is 12.2 Å². The lowest BCUT2D eigenvalue weighted by Gasteiger charge is -2.08. The van der Waals surface area contributed by atoms with Gasteiger partial charge in [0.15, 0.2) is 0 Å². The third-order valence-electron chi connectivity index (χ3n) is 2.51. The number of rotatable bonds is 4. The van der Waals surface area contributed by atoms with Crippen molar-refractivity contribution in [3.63, 3.8) is 0 Å². The molecule has 2 aromatic rings. The Bertz CT molecular complexity index is 693. The van der Waals surface area contributed by atoms with Gasteiger partial charge >= 0.3 is 0 Å². The van der Waals surface area contributed by atoms with Gasteiger partial charge in [0.1, 0.15) is 0 Å². The minimum absolute atomic E-state index is 0.0128. The van der Waals surface area contributed by atoms with Crippen LogP contribution in [0.3, 0.4) is 0 Å². The van der Waals surface area contributed by atoms with Crippen LogP contribution < -0.4 is 16.2 Å². The van der Waals surface area contributed by atoms with Gasteiger partial charge < -0.3 is 11.1 Å². The molecule has 1 aromatic heterocycles. The fourth-order valence-electron chi connectivity index (χ4n) is 1.66. The highest BCUT2D eigenvalue weighted by Crippen LogP contribution is 2.20. The van der Waals surface area contributed by atoms with Gasteiger partial charge in [0.05, 0.1) is 11.1 Å². The largest absolute Gasteiger partial charge is 0.399 e. The molecule has 19 heavy (non-hydrogen) atoms. The standard InChI is InChI=1S/C11H15N5O2S/c1-16-7-8(6-15-16)5-14-10-2-9(12)3-11(4-10)19(13,17)18/h2-4,6-7,14H,5,12H2,1H3,(H2,13,17,18). The minimum Gasteiger partial charge on any atom is -0.399 e. The van der Waals surface area contributed by atoms with Crippen molar-refractivity contribution in [2.45, 2.75) is 11.4 Å². The molecule has 1 aromatic carbocycles. The zero-order chi connectivity index (χ0) is 14.0. The number of hydrogen-bond acceptors (Lipinski definition) is 5. The Labute approximate surface area is 111 Å². The van der Waals surface area contributed by atoms with Crippen LogP contribution in [0.4, 0.5) is 11.4 Å². The maximum atomic E-state index is 11.3. The van der Waals surface area contributed by atoms with E-state index in [4.69, 9.17) is 10.9 Å². The molecule has 0 unspecified atom stereocenters. The van der Waals surface area contributed by atoms with E-state index < -0.39 is 10.0 Å². The fraction of sp³-hybridized carbons (Fsp3) is 0.182. The average Bonchev–Trinajstić information content (AvgIpc) is 2.71. The summed E-state index contributed by atoms with van der Waals surface area (Å²) in [6, 6.07) is 4.41. The molecule has 0 amide bonds. The van der Waals surface area contributed by atoms with Crippen molar-refractivity contribution < 1.29 is 8.42 Å². The van der Waals surface area contributed by atoms with Crippen LogP contribution in [0.5, 0.6) is 0 Å². The summed E-state index contributed by atoms with van der Waals surface area (Å²) in [7, 11) is -1.94. The summed E-state index contributed by atoms with van der Waals surface area (Å²) in [6.45, 7) is 0.515. The number of primary sulfonamides is 1. The summed E-state index contributed by atoms with van der Waals surface area (Å²) in [6.07, 6.45) is 3.58. The Balaban J connectivity index is 2.19. The number of nitrogen functional groups attached to an aromatic ring is 1. The molecule has 8 heteroatoms. The first-order valence-corrected chi connectivity index (χ1v) is 7.04. The second-order valence-electron chi connectivity index (χ2n) is 4.21. The van der Waals surface area contributed by atoms with Crippen LogP contribution in [0.1, 0.15) is 5.56 Å². The number of hydrogen-bond donors (Lipinski definition) is 3. The third kappa shape index (κ3) is 3.46. The van der Waals surface area contributed by atoms with Gasteiger partial charge in [0.25, 0.3) is 0 Å². The number of nitrogens with two attached hydrogens (primary N) is 2. The zero-order valence-corrected chi connectivity index (χ0v) is 11.2. The summed E-state index contributed by atoms with van der Waals surface area (Å²) >= 11 is 0. The molecule has 0 radical (unpaired) electrons. The van der Waals surface area contributed by atoms with E-state index in [1.165, 1.54) is 12.1 Å². The van der Waals surface area contributed by atoms with Crippen LogP contribution in [0.25, 0.3) is 0 Å². The lowest BCUT2D eigenvalue weighted by molar-refractivity contribution is 0.598. The lowest BCUT2D eigenvalue weighted by atomic mass is 10.2. The molecular weight excluding hydrogens is 266 g/mol. The summed E-state index contributed by atoms with van der Waals surface area (Å²) < 4.78 is 24.3. The van der Waals surface area contributed by atoms with Crippen molar-refractivity contribution in [2.75, 3.05) is 11.1 Å². The van der Waals surface area contributed by atoms with Gasteiger partial charge in [-0.25, -0.2) is 13.6 Å². The molecule has 2 rings (SSSR count). The van der Waals surface area contributed by atoms with Crippen LogP contribution in [-0.2, 0) is 23.6 Å². The van der Waals surface area contributed by atoms with E-state index in [1.807, 2.05) is 13.2 Å². The number of anilines is 2. The van der Waals surface area contributed by atoms with Crippen LogP contribution in [0, 0.1) is 0 Å². The van der Waals surface area contributed by atoms with Crippen molar-refractivity contribution in [1.82, 2.24) is 9.78 Å². The van der Waals surface area contributed by atoms with Gasteiger partial charge in [-0.1, -0.05) is 0 Å². The second-order valence-corrected chi connectivity index (χ2v) is 5.77. The van der Waals surface area contributed by atoms with Gasteiger partial charge in [-0.15, -0.1) is 0 Å². The number of nitrogens with one attached hydrogen (secondary N) is 1. The highest BCUT2D eigenvalue weighted by Gasteiger charge is 2.10. The molecule has 0 aliphatic heterocycles. The Morgan fingerprint density at radius 2 is 2.11 bits per heavy atom. The van der Waals surface area contributed by atoms with Gasteiger partial charge in [-0.3, -0.25) is 4.68 Å². The van der Waals surface area contributed by atoms with Crippen LogP contribution >= 0.6 is 0 Å². The van der Waals surface area contributed by atoms with Crippen LogP contribution in [0.15, 0.2) is 35.5 Å². The number of aromatic nitrogens is 2. The summed E-state index contributed by atoms with van der Waals surface area (Å²) in [5.74, 6) is 0. The van der Waals surface area contributed by atoms with Crippen molar-refractivity contribution in [1.29, 1.82) is 0 Å². The number of sulfonamides is 1. The van der Waals surface area contributed by atoms with Crippen molar-refractivity contribution in [3.05, 3.63) is 36.2 Å². The van der Waals surface area contributed by atoms with E-state index >= 15 is 0 Å². The molecule has 0 saturated heterocycles. The number of benzene rings is 1. The Morgan fingerprint density at radius 1 is 1.37 bits per heavy atom. The predicted octanol–water partition coefficient (Wildman–Crippen LogP) is 0.262. The number of nitrogens with zero attached hydrogens (tertiary/aromatic N) is 2. The maximum Gasteiger partial charge on any atom is 0.238 e. The van der Waals surface area contributed by atoms with Crippen LogP contribution in [0.2, 0.25) is 0 Å². The third-order valence-corrected chi connectivity index (χ3v) is 3.41. The zero-order valence-electron chi connectivity index (χ0n) is 10.4. The maximum absolute atomic E-state index is 11.3. The van der Waals surface area contributed by atoms with E-state index in [1.54, 1.807) is 16.9 Å². The van der Waals surface area contributed by atoms with Crippen LogP contribution in [-0.4, -0.2) is 18.2 Å². The number of aryl methyl sites for hydroxylation is 1. The molecule has 0 atom stereocenters. The summed E-state index contributed by atoms with van der Waals surface area (Å²) in [5.41, 5.74) is 7.55. The highest BCUT2D eigenvalue weighted by molar-refractivity contribution is 7.89. The van der Waals surface area contributed by atoms with Gasteiger partial charge in [-0.2, -0.15) is 5.10 Å². The van der Waals surface area contributed by atoms with Gasteiger partial charge in [-0.05, 0) is 18.2 Å². The molecule has 0 bridgehead atoms. The summed E-state index contributed by atoms with van der Waals surface area (Å²) in [4.78, 5) is -0.0128. The van der Waals surface area contributed by atoms with E-state index in [2.05, 4.69) is 10.4 Å². The predicted molar refractivity (Wildman–Crippen MR) is 72.8 cm³/mol. The molecule has 0 aliphatic carbocycles. The molecular formula is C11H15N5O2S. The first-order valence-electron chi connectivity index (χ1n) is 5.49. The Hall–Kier alpha value is -2.06. The topological polar surface area (TPSA) is 116 Å². The van der Waals surface area contributed by atoms with Gasteiger partial charge in [0.2, 0.25) is 10.0 Å². The Morgan fingerprint density at radius 3 is 2.68 bits per heavy atom. The van der Waals surface area contributed by atoms with E-state index in [9.17, 15) is 8.42 Å². The Kier molecular flexibility index (Phi) is 3.45. The lowest BCUT2D eigenvalue weighted by Crippen LogP contribution is -2.13. The fourth-order valence-corrected chi connectivity index (χ4v) is 2.25. The molecule has 102 valence electrons. The van der Waals surface area contributed by atoms with E-state index in [0.717, 1.165) is 5.56 Å². The molecule has 0 aliphatic rings.